The number of ether oxygens (including phenoxy) is 1. The summed E-state index contributed by atoms with van der Waals surface area (Å²) in [5, 5.41) is 8.11. The summed E-state index contributed by atoms with van der Waals surface area (Å²) < 4.78 is 7.04. The number of Topliss-reactive ketones (excluding diaryl/α,β-unsaturated/α-hetero) is 1. The number of carbonyl (C=O) groups excluding carboxylic acids is 1. The summed E-state index contributed by atoms with van der Waals surface area (Å²) in [7, 11) is 1.59. The third-order valence-electron chi connectivity index (χ3n) is 3.87. The number of hydrogen-bond donors (Lipinski definition) is 1. The molecule has 0 bridgehead atoms. The van der Waals surface area contributed by atoms with Crippen LogP contribution < -0.4 is 9.54 Å². The number of nitrogens with one attached hydrogen (secondary N) is 1. The zero-order chi connectivity index (χ0) is 14.8. The Balaban J connectivity index is 0.00000176. The predicted molar refractivity (Wildman–Crippen MR) is 92.5 cm³/mol. The first-order valence-electron chi connectivity index (χ1n) is 7.12. The van der Waals surface area contributed by atoms with Crippen LogP contribution in [0.1, 0.15) is 33.8 Å². The van der Waals surface area contributed by atoms with E-state index in [0.717, 1.165) is 19.3 Å². The summed E-state index contributed by atoms with van der Waals surface area (Å²) in [6.45, 7) is 0.248. The van der Waals surface area contributed by atoms with Crippen LogP contribution in [-0.2, 0) is 19.4 Å². The first kappa shape index (κ1) is 17.0. The monoisotopic (exact) mass is 382 g/mol. The SMILES string of the molecule is Br.COc1cccc(C(=O)Cn2c3c(sc2=N)CCCC3)c1. The number of rotatable bonds is 4. The summed E-state index contributed by atoms with van der Waals surface area (Å²) in [5.41, 5.74) is 1.82. The fourth-order valence-corrected chi connectivity index (χ4v) is 3.84. The van der Waals surface area contributed by atoms with Gasteiger partial charge in [-0.25, -0.2) is 0 Å². The van der Waals surface area contributed by atoms with E-state index in [1.807, 2.05) is 16.7 Å². The molecule has 0 radical (unpaired) electrons. The van der Waals surface area contributed by atoms with Crippen molar-refractivity contribution in [1.82, 2.24) is 4.57 Å². The molecule has 1 heterocycles. The zero-order valence-electron chi connectivity index (χ0n) is 12.4. The molecule has 0 fully saturated rings. The van der Waals surface area contributed by atoms with E-state index in [1.165, 1.54) is 28.3 Å². The molecule has 0 unspecified atom stereocenters. The molecule has 1 aromatic carbocycles. The van der Waals surface area contributed by atoms with Crippen molar-refractivity contribution in [3.63, 3.8) is 0 Å². The van der Waals surface area contributed by atoms with Crippen LogP contribution in [0.5, 0.6) is 5.75 Å². The molecule has 1 aliphatic rings. The number of halogens is 1. The zero-order valence-corrected chi connectivity index (χ0v) is 15.0. The maximum Gasteiger partial charge on any atom is 0.182 e. The molecule has 0 amide bonds. The minimum atomic E-state index is 0. The van der Waals surface area contributed by atoms with Crippen molar-refractivity contribution in [3.8, 4) is 5.75 Å². The van der Waals surface area contributed by atoms with Gasteiger partial charge in [-0.05, 0) is 37.8 Å². The number of thiazole rings is 1. The Kier molecular flexibility index (Phi) is 5.58. The smallest absolute Gasteiger partial charge is 0.182 e. The van der Waals surface area contributed by atoms with E-state index in [0.29, 0.717) is 16.1 Å². The van der Waals surface area contributed by atoms with E-state index in [9.17, 15) is 4.79 Å². The second-order valence-corrected chi connectivity index (χ2v) is 6.31. The lowest BCUT2D eigenvalue weighted by molar-refractivity contribution is 0.0969. The van der Waals surface area contributed by atoms with Gasteiger partial charge in [0.25, 0.3) is 0 Å². The molecular formula is C16H19BrN2O2S. The van der Waals surface area contributed by atoms with Crippen molar-refractivity contribution in [2.45, 2.75) is 32.2 Å². The maximum atomic E-state index is 12.5. The van der Waals surface area contributed by atoms with Crippen LogP contribution in [0, 0.1) is 5.41 Å². The number of methoxy groups -OCH3 is 1. The summed E-state index contributed by atoms with van der Waals surface area (Å²) in [5.74, 6) is 0.711. The van der Waals surface area contributed by atoms with Crippen LogP contribution in [0.25, 0.3) is 0 Å². The van der Waals surface area contributed by atoms with Crippen molar-refractivity contribution in [2.75, 3.05) is 7.11 Å². The van der Waals surface area contributed by atoms with Crippen LogP contribution in [0.3, 0.4) is 0 Å². The number of hydrogen-bond acceptors (Lipinski definition) is 4. The van der Waals surface area contributed by atoms with E-state index in [-0.39, 0.29) is 29.3 Å². The van der Waals surface area contributed by atoms with Crippen LogP contribution in [0.2, 0.25) is 0 Å². The Morgan fingerprint density at radius 1 is 1.36 bits per heavy atom. The fraction of sp³-hybridized carbons (Fsp3) is 0.375. The van der Waals surface area contributed by atoms with Gasteiger partial charge in [0.15, 0.2) is 10.6 Å². The lowest BCUT2D eigenvalue weighted by Gasteiger charge is -2.14. The van der Waals surface area contributed by atoms with Gasteiger partial charge in [0, 0.05) is 16.1 Å². The molecule has 1 aliphatic carbocycles. The molecule has 118 valence electrons. The van der Waals surface area contributed by atoms with Crippen LogP contribution in [0.4, 0.5) is 0 Å². The highest BCUT2D eigenvalue weighted by Gasteiger charge is 2.18. The Bertz CT molecular complexity index is 736. The predicted octanol–water partition coefficient (Wildman–Crippen LogP) is 3.38. The van der Waals surface area contributed by atoms with Gasteiger partial charge in [0.1, 0.15) is 5.75 Å². The number of fused-ring (bicyclic) bond motifs is 1. The Labute approximate surface area is 144 Å². The van der Waals surface area contributed by atoms with Crippen LogP contribution in [0.15, 0.2) is 24.3 Å². The van der Waals surface area contributed by atoms with E-state index in [4.69, 9.17) is 10.1 Å². The minimum Gasteiger partial charge on any atom is -0.497 e. The Morgan fingerprint density at radius 3 is 2.91 bits per heavy atom. The molecule has 0 atom stereocenters. The number of carbonyl (C=O) groups is 1. The fourth-order valence-electron chi connectivity index (χ4n) is 2.75. The maximum absolute atomic E-state index is 12.5. The molecule has 2 aromatic rings. The number of aryl methyl sites for hydroxylation is 1. The largest absolute Gasteiger partial charge is 0.497 e. The molecule has 0 spiro atoms. The third-order valence-corrected chi connectivity index (χ3v) is 4.97. The van der Waals surface area contributed by atoms with Crippen molar-refractivity contribution >= 4 is 34.1 Å². The Hall–Kier alpha value is -1.40. The average molecular weight is 383 g/mol. The molecule has 1 aromatic heterocycles. The molecule has 22 heavy (non-hydrogen) atoms. The molecule has 0 saturated carbocycles. The second-order valence-electron chi connectivity index (χ2n) is 5.23. The van der Waals surface area contributed by atoms with E-state index >= 15 is 0 Å². The first-order valence-corrected chi connectivity index (χ1v) is 7.94. The van der Waals surface area contributed by atoms with Gasteiger partial charge >= 0.3 is 0 Å². The quantitative estimate of drug-likeness (QED) is 0.823. The van der Waals surface area contributed by atoms with Crippen molar-refractivity contribution < 1.29 is 9.53 Å². The first-order chi connectivity index (χ1) is 10.2. The standard InChI is InChI=1S/C16H18N2O2S.BrH/c1-20-12-6-4-5-11(9-12)14(19)10-18-13-7-2-3-8-15(13)21-16(18)17;/h4-6,9,17H,2-3,7-8,10H2,1H3;1H. The van der Waals surface area contributed by atoms with Gasteiger partial charge in [0.05, 0.1) is 13.7 Å². The van der Waals surface area contributed by atoms with Crippen LogP contribution in [-0.4, -0.2) is 17.5 Å². The third kappa shape index (κ3) is 3.33. The summed E-state index contributed by atoms with van der Waals surface area (Å²) in [6, 6.07) is 7.20. The van der Waals surface area contributed by atoms with Gasteiger partial charge in [-0.3, -0.25) is 10.2 Å². The normalized spacial score (nSPS) is 13.1. The molecule has 1 N–H and O–H groups in total. The van der Waals surface area contributed by atoms with Crippen molar-refractivity contribution in [2.24, 2.45) is 0 Å². The summed E-state index contributed by atoms with van der Waals surface area (Å²) in [4.78, 5) is 14.2. The van der Waals surface area contributed by atoms with Crippen LogP contribution >= 0.6 is 28.3 Å². The van der Waals surface area contributed by atoms with E-state index in [1.54, 1.807) is 19.2 Å². The van der Waals surface area contributed by atoms with E-state index < -0.39 is 0 Å². The summed E-state index contributed by atoms with van der Waals surface area (Å²) in [6.07, 6.45) is 4.37. The molecule has 0 saturated heterocycles. The molecule has 0 aliphatic heterocycles. The molecule has 3 rings (SSSR count). The molecule has 6 heteroatoms. The number of ketones is 1. The highest BCUT2D eigenvalue weighted by Crippen LogP contribution is 2.23. The van der Waals surface area contributed by atoms with E-state index in [2.05, 4.69) is 0 Å². The Morgan fingerprint density at radius 2 is 2.14 bits per heavy atom. The lowest BCUT2D eigenvalue weighted by atomic mass is 10.0. The highest BCUT2D eigenvalue weighted by molar-refractivity contribution is 8.93. The second kappa shape index (κ2) is 7.24. The van der Waals surface area contributed by atoms with Gasteiger partial charge in [-0.2, -0.15) is 0 Å². The number of aromatic nitrogens is 1. The highest BCUT2D eigenvalue weighted by atomic mass is 79.9. The topological polar surface area (TPSA) is 55.1 Å². The van der Waals surface area contributed by atoms with Gasteiger partial charge in [0.2, 0.25) is 0 Å². The number of benzene rings is 1. The minimum absolute atomic E-state index is 0. The van der Waals surface area contributed by atoms with Crippen molar-refractivity contribution in [3.05, 3.63) is 45.2 Å². The van der Waals surface area contributed by atoms with Crippen molar-refractivity contribution in [1.29, 1.82) is 5.41 Å². The number of nitrogens with zero attached hydrogens (tertiary/aromatic N) is 1. The lowest BCUT2D eigenvalue weighted by Crippen LogP contribution is -2.22. The van der Waals surface area contributed by atoms with Gasteiger partial charge in [-0.15, -0.1) is 28.3 Å². The summed E-state index contributed by atoms with van der Waals surface area (Å²) >= 11 is 1.51. The van der Waals surface area contributed by atoms with Gasteiger partial charge in [-0.1, -0.05) is 12.1 Å². The van der Waals surface area contributed by atoms with Gasteiger partial charge < -0.3 is 9.30 Å². The molecular weight excluding hydrogens is 364 g/mol. The molecule has 4 nitrogen and oxygen atoms in total. The average Bonchev–Trinajstić information content (AvgIpc) is 2.83.